The third-order valence-corrected chi connectivity index (χ3v) is 7.92. The van der Waals surface area contributed by atoms with Crippen LogP contribution in [0, 0.1) is 5.92 Å². The van der Waals surface area contributed by atoms with Gasteiger partial charge in [0.1, 0.15) is 0 Å². The van der Waals surface area contributed by atoms with Gasteiger partial charge in [0.2, 0.25) is 0 Å². The molecule has 2 unspecified atom stereocenters. The highest BCUT2D eigenvalue weighted by Gasteiger charge is 2.46. The summed E-state index contributed by atoms with van der Waals surface area (Å²) in [6.45, 7) is 2.36. The van der Waals surface area contributed by atoms with Crippen LogP contribution in [-0.2, 0) is 0 Å². The molecule has 0 saturated carbocycles. The van der Waals surface area contributed by atoms with Gasteiger partial charge >= 0.3 is 0 Å². The number of hydrogen-bond acceptors (Lipinski definition) is 2. The summed E-state index contributed by atoms with van der Waals surface area (Å²) >= 11 is 0. The van der Waals surface area contributed by atoms with Gasteiger partial charge in [-0.25, -0.2) is 0 Å². The fourth-order valence-corrected chi connectivity index (χ4v) is 6.24. The topological polar surface area (TPSA) is 15.6 Å². The van der Waals surface area contributed by atoms with Gasteiger partial charge < -0.3 is 0 Å². The standard InChI is InChI=1S/C33H32N2/c1-4-12-25(13-5-1)30-19-11-10-18-29(30)24-34-32-28-20-22-35(23-21-28)33(32)31(26-14-6-2-7-15-26)27-16-8-3-9-17-27/h1-19,24,28,31-33H,20-23H2. The first kappa shape index (κ1) is 22.0. The Labute approximate surface area is 209 Å². The zero-order valence-corrected chi connectivity index (χ0v) is 20.1. The average Bonchev–Trinajstić information content (AvgIpc) is 2.95. The van der Waals surface area contributed by atoms with Crippen molar-refractivity contribution in [3.05, 3.63) is 132 Å². The molecule has 0 aliphatic carbocycles. The molecular formula is C33H32N2. The molecule has 35 heavy (non-hydrogen) atoms. The number of piperidine rings is 3. The zero-order valence-electron chi connectivity index (χ0n) is 20.1. The van der Waals surface area contributed by atoms with Gasteiger partial charge in [-0.2, -0.15) is 0 Å². The van der Waals surface area contributed by atoms with Crippen LogP contribution in [0.5, 0.6) is 0 Å². The van der Waals surface area contributed by atoms with Gasteiger partial charge in [-0.1, -0.05) is 115 Å². The van der Waals surface area contributed by atoms with E-state index in [1.807, 2.05) is 0 Å². The Morgan fingerprint density at radius 2 is 1.20 bits per heavy atom. The summed E-state index contributed by atoms with van der Waals surface area (Å²) in [5, 5.41) is 0. The van der Waals surface area contributed by atoms with E-state index in [1.165, 1.54) is 53.7 Å². The van der Waals surface area contributed by atoms with E-state index in [0.29, 0.717) is 17.9 Å². The van der Waals surface area contributed by atoms with E-state index in [1.54, 1.807) is 0 Å². The van der Waals surface area contributed by atoms with E-state index in [9.17, 15) is 0 Å². The van der Waals surface area contributed by atoms with Crippen LogP contribution >= 0.6 is 0 Å². The summed E-state index contributed by atoms with van der Waals surface area (Å²) in [5.74, 6) is 0.951. The van der Waals surface area contributed by atoms with Gasteiger partial charge in [0.15, 0.2) is 0 Å². The second kappa shape index (κ2) is 10.0. The maximum Gasteiger partial charge on any atom is 0.0693 e. The highest BCUT2D eigenvalue weighted by atomic mass is 15.2. The molecule has 3 fully saturated rings. The Kier molecular flexibility index (Phi) is 6.30. The highest BCUT2D eigenvalue weighted by molar-refractivity contribution is 5.90. The van der Waals surface area contributed by atoms with E-state index >= 15 is 0 Å². The second-order valence-electron chi connectivity index (χ2n) is 9.89. The minimum absolute atomic E-state index is 0.284. The summed E-state index contributed by atoms with van der Waals surface area (Å²) in [5.41, 5.74) is 6.47. The SMILES string of the molecule is C(=NC1C2CCN(CC2)C1C(c1ccccc1)c1ccccc1)c1ccccc1-c1ccccc1. The third kappa shape index (κ3) is 4.47. The monoisotopic (exact) mass is 456 g/mol. The second-order valence-corrected chi connectivity index (χ2v) is 9.89. The lowest BCUT2D eigenvalue weighted by molar-refractivity contribution is 0.0215. The molecule has 4 aromatic carbocycles. The first-order valence-electron chi connectivity index (χ1n) is 12.9. The summed E-state index contributed by atoms with van der Waals surface area (Å²) in [6.07, 6.45) is 4.65. The molecule has 4 aromatic rings. The fraction of sp³-hybridized carbons (Fsp3) is 0.242. The number of benzene rings is 4. The Morgan fingerprint density at radius 3 is 1.83 bits per heavy atom. The summed E-state index contributed by atoms with van der Waals surface area (Å²) in [6, 6.07) is 42.1. The van der Waals surface area contributed by atoms with E-state index in [4.69, 9.17) is 4.99 Å². The van der Waals surface area contributed by atoms with Crippen molar-refractivity contribution in [2.75, 3.05) is 13.1 Å². The Hall–Kier alpha value is -3.49. The van der Waals surface area contributed by atoms with Gasteiger partial charge in [0, 0.05) is 23.7 Å². The number of rotatable bonds is 6. The van der Waals surface area contributed by atoms with E-state index < -0.39 is 0 Å². The lowest BCUT2D eigenvalue weighted by atomic mass is 9.71. The summed E-state index contributed by atoms with van der Waals surface area (Å²) < 4.78 is 0. The Balaban J connectivity index is 1.40. The van der Waals surface area contributed by atoms with Crippen molar-refractivity contribution in [3.8, 4) is 11.1 Å². The molecule has 3 saturated heterocycles. The van der Waals surface area contributed by atoms with Crippen LogP contribution in [0.3, 0.4) is 0 Å². The molecule has 3 heterocycles. The van der Waals surface area contributed by atoms with Crippen molar-refractivity contribution in [1.82, 2.24) is 4.90 Å². The van der Waals surface area contributed by atoms with Crippen LogP contribution in [0.15, 0.2) is 120 Å². The molecule has 2 nitrogen and oxygen atoms in total. The molecule has 3 aliphatic rings. The number of nitrogens with zero attached hydrogens (tertiary/aromatic N) is 2. The molecular weight excluding hydrogens is 424 g/mol. The minimum atomic E-state index is 0.284. The predicted octanol–water partition coefficient (Wildman–Crippen LogP) is 7.07. The number of aliphatic imine (C=N–C) groups is 1. The van der Waals surface area contributed by atoms with Crippen molar-refractivity contribution in [1.29, 1.82) is 0 Å². The number of fused-ring (bicyclic) bond motifs is 3. The van der Waals surface area contributed by atoms with Gasteiger partial charge in [-0.15, -0.1) is 0 Å². The molecule has 2 heteroatoms. The first-order valence-corrected chi connectivity index (χ1v) is 12.9. The Bertz CT molecular complexity index is 1220. The summed E-state index contributed by atoms with van der Waals surface area (Å²) in [7, 11) is 0. The molecule has 0 amide bonds. The Morgan fingerprint density at radius 1 is 0.657 bits per heavy atom. The minimum Gasteiger partial charge on any atom is -0.297 e. The predicted molar refractivity (Wildman–Crippen MR) is 146 cm³/mol. The summed E-state index contributed by atoms with van der Waals surface area (Å²) in [4.78, 5) is 8.13. The van der Waals surface area contributed by atoms with Crippen LogP contribution in [0.1, 0.15) is 35.4 Å². The molecule has 2 atom stereocenters. The lowest BCUT2D eigenvalue weighted by Gasteiger charge is -2.52. The molecule has 7 rings (SSSR count). The maximum absolute atomic E-state index is 5.41. The first-order chi connectivity index (χ1) is 17.4. The van der Waals surface area contributed by atoms with E-state index in [2.05, 4.69) is 126 Å². The average molecular weight is 457 g/mol. The highest BCUT2D eigenvalue weighted by Crippen LogP contribution is 2.43. The maximum atomic E-state index is 5.41. The van der Waals surface area contributed by atoms with E-state index in [-0.39, 0.29) is 6.04 Å². The molecule has 174 valence electrons. The lowest BCUT2D eigenvalue weighted by Crippen LogP contribution is -2.59. The van der Waals surface area contributed by atoms with Crippen LogP contribution in [0.2, 0.25) is 0 Å². The van der Waals surface area contributed by atoms with Crippen molar-refractivity contribution in [3.63, 3.8) is 0 Å². The van der Waals surface area contributed by atoms with Crippen LogP contribution in [0.25, 0.3) is 11.1 Å². The molecule has 0 aromatic heterocycles. The van der Waals surface area contributed by atoms with Crippen LogP contribution < -0.4 is 0 Å². The van der Waals surface area contributed by atoms with Crippen molar-refractivity contribution < 1.29 is 0 Å². The number of hydrogen-bond donors (Lipinski definition) is 0. The largest absolute Gasteiger partial charge is 0.297 e. The molecule has 3 aliphatic heterocycles. The molecule has 2 bridgehead atoms. The normalized spacial score (nSPS) is 23.7. The molecule has 0 N–H and O–H groups in total. The third-order valence-electron chi connectivity index (χ3n) is 7.92. The van der Waals surface area contributed by atoms with Crippen molar-refractivity contribution >= 4 is 6.21 Å². The zero-order chi connectivity index (χ0) is 23.5. The van der Waals surface area contributed by atoms with Gasteiger partial charge in [0.25, 0.3) is 0 Å². The fourth-order valence-electron chi connectivity index (χ4n) is 6.24. The quantitative estimate of drug-likeness (QED) is 0.283. The van der Waals surface area contributed by atoms with Crippen LogP contribution in [0.4, 0.5) is 0 Å². The van der Waals surface area contributed by atoms with Gasteiger partial charge in [-0.3, -0.25) is 9.89 Å². The van der Waals surface area contributed by atoms with Crippen LogP contribution in [-0.4, -0.2) is 36.3 Å². The van der Waals surface area contributed by atoms with Gasteiger partial charge in [0.05, 0.1) is 6.04 Å². The molecule has 0 radical (unpaired) electrons. The smallest absolute Gasteiger partial charge is 0.0693 e. The van der Waals surface area contributed by atoms with Crippen molar-refractivity contribution in [2.24, 2.45) is 10.9 Å². The van der Waals surface area contributed by atoms with Crippen molar-refractivity contribution in [2.45, 2.75) is 30.8 Å². The van der Waals surface area contributed by atoms with E-state index in [0.717, 1.165) is 0 Å². The molecule has 0 spiro atoms. The van der Waals surface area contributed by atoms with Gasteiger partial charge in [-0.05, 0) is 54.1 Å².